The molecule has 0 saturated heterocycles. The number of hydrogen-bond donors (Lipinski definition) is 2. The molecule has 0 aliphatic heterocycles. The third kappa shape index (κ3) is 7.04. The second-order valence-corrected chi connectivity index (χ2v) is 8.92. The van der Waals surface area contributed by atoms with Crippen molar-refractivity contribution >= 4 is 11.8 Å². The van der Waals surface area contributed by atoms with Gasteiger partial charge in [0.05, 0.1) is 0 Å². The van der Waals surface area contributed by atoms with Gasteiger partial charge in [0, 0.05) is 18.0 Å². The van der Waals surface area contributed by atoms with E-state index < -0.39 is 6.04 Å². The number of aryl methyl sites for hydroxylation is 1. The largest absolute Gasteiger partial charge is 0.354 e. The Hall–Kier alpha value is -3.40. The summed E-state index contributed by atoms with van der Waals surface area (Å²) >= 11 is 0. The summed E-state index contributed by atoms with van der Waals surface area (Å²) in [5, 5.41) is 6.03. The maximum absolute atomic E-state index is 13.1. The average molecular weight is 443 g/mol. The van der Waals surface area contributed by atoms with Crippen LogP contribution in [0.3, 0.4) is 0 Å². The van der Waals surface area contributed by atoms with Crippen molar-refractivity contribution in [3.05, 3.63) is 107 Å². The normalized spacial score (nSPS) is 11.9. The molecule has 0 spiro atoms. The van der Waals surface area contributed by atoms with Gasteiger partial charge in [0.2, 0.25) is 5.91 Å². The molecule has 4 heteroatoms. The first-order valence-electron chi connectivity index (χ1n) is 11.7. The van der Waals surface area contributed by atoms with E-state index in [1.54, 1.807) is 6.07 Å². The Balaban J connectivity index is 1.66. The molecular formula is C29H34N2O2. The molecule has 2 amide bonds. The van der Waals surface area contributed by atoms with E-state index in [4.69, 9.17) is 0 Å². The van der Waals surface area contributed by atoms with Gasteiger partial charge in [-0.25, -0.2) is 0 Å². The molecule has 1 unspecified atom stereocenters. The van der Waals surface area contributed by atoms with Crippen molar-refractivity contribution in [2.75, 3.05) is 6.54 Å². The van der Waals surface area contributed by atoms with Gasteiger partial charge in [0.1, 0.15) is 6.04 Å². The third-order valence-corrected chi connectivity index (χ3v) is 5.85. The molecule has 172 valence electrons. The first-order valence-corrected chi connectivity index (χ1v) is 11.7. The van der Waals surface area contributed by atoms with Crippen LogP contribution in [0.1, 0.15) is 59.7 Å². The SMILES string of the molecule is Cc1ccccc1C(=O)NC(CC(C)C)C(=O)NCCC(c1ccccc1)c1ccccc1. The maximum Gasteiger partial charge on any atom is 0.252 e. The molecule has 3 rings (SSSR count). The van der Waals surface area contributed by atoms with E-state index in [2.05, 4.69) is 48.7 Å². The summed E-state index contributed by atoms with van der Waals surface area (Å²) in [4.78, 5) is 25.9. The molecule has 0 saturated carbocycles. The molecule has 3 aromatic carbocycles. The lowest BCUT2D eigenvalue weighted by Gasteiger charge is -2.22. The number of rotatable bonds is 10. The molecule has 0 bridgehead atoms. The van der Waals surface area contributed by atoms with Gasteiger partial charge in [0.25, 0.3) is 5.91 Å². The van der Waals surface area contributed by atoms with Crippen LogP contribution in [0.15, 0.2) is 84.9 Å². The van der Waals surface area contributed by atoms with Crippen molar-refractivity contribution in [2.45, 2.75) is 45.6 Å². The predicted octanol–water partition coefficient (Wildman–Crippen LogP) is 5.48. The summed E-state index contributed by atoms with van der Waals surface area (Å²) in [5.74, 6) is 0.128. The first-order chi connectivity index (χ1) is 16.0. The zero-order valence-corrected chi connectivity index (χ0v) is 19.8. The summed E-state index contributed by atoms with van der Waals surface area (Å²) in [5.41, 5.74) is 3.95. The standard InChI is InChI=1S/C29H34N2O2/c1-21(2)20-27(31-28(32)25-17-11-10-12-22(25)3)29(33)30-19-18-26(23-13-6-4-7-14-23)24-15-8-5-9-16-24/h4-17,21,26-27H,18-20H2,1-3H3,(H,30,33)(H,31,32). The minimum absolute atomic E-state index is 0.134. The van der Waals surface area contributed by atoms with Crippen LogP contribution in [0.25, 0.3) is 0 Å². The number of nitrogens with one attached hydrogen (secondary N) is 2. The monoisotopic (exact) mass is 442 g/mol. The van der Waals surface area contributed by atoms with Crippen LogP contribution in [-0.4, -0.2) is 24.4 Å². The molecule has 33 heavy (non-hydrogen) atoms. The van der Waals surface area contributed by atoms with Crippen LogP contribution < -0.4 is 10.6 Å². The van der Waals surface area contributed by atoms with Crippen molar-refractivity contribution in [2.24, 2.45) is 5.92 Å². The lowest BCUT2D eigenvalue weighted by Crippen LogP contribution is -2.47. The van der Waals surface area contributed by atoms with Gasteiger partial charge in [-0.15, -0.1) is 0 Å². The van der Waals surface area contributed by atoms with E-state index in [0.29, 0.717) is 18.5 Å². The predicted molar refractivity (Wildman–Crippen MR) is 134 cm³/mol. The Morgan fingerprint density at radius 2 is 1.33 bits per heavy atom. The maximum atomic E-state index is 13.1. The topological polar surface area (TPSA) is 58.2 Å². The van der Waals surface area contributed by atoms with E-state index in [1.807, 2.05) is 61.5 Å². The Bertz CT molecular complexity index is 992. The van der Waals surface area contributed by atoms with Crippen molar-refractivity contribution in [3.63, 3.8) is 0 Å². The highest BCUT2D eigenvalue weighted by atomic mass is 16.2. The number of amides is 2. The molecule has 0 fully saturated rings. The lowest BCUT2D eigenvalue weighted by atomic mass is 9.88. The van der Waals surface area contributed by atoms with Crippen LogP contribution in [0.5, 0.6) is 0 Å². The highest BCUT2D eigenvalue weighted by Crippen LogP contribution is 2.27. The van der Waals surface area contributed by atoms with Gasteiger partial charge >= 0.3 is 0 Å². The van der Waals surface area contributed by atoms with Crippen molar-refractivity contribution in [3.8, 4) is 0 Å². The van der Waals surface area contributed by atoms with Crippen LogP contribution in [0, 0.1) is 12.8 Å². The van der Waals surface area contributed by atoms with Gasteiger partial charge in [-0.05, 0) is 48.4 Å². The zero-order valence-electron chi connectivity index (χ0n) is 19.8. The molecule has 0 aliphatic rings. The summed E-state index contributed by atoms with van der Waals surface area (Å²) in [7, 11) is 0. The summed E-state index contributed by atoms with van der Waals surface area (Å²) in [6, 6.07) is 27.6. The number of carbonyl (C=O) groups excluding carboxylic acids is 2. The molecular weight excluding hydrogens is 408 g/mol. The number of benzene rings is 3. The Morgan fingerprint density at radius 3 is 1.88 bits per heavy atom. The lowest BCUT2D eigenvalue weighted by molar-refractivity contribution is -0.123. The van der Waals surface area contributed by atoms with Gasteiger partial charge < -0.3 is 10.6 Å². The second kappa shape index (κ2) is 12.0. The second-order valence-electron chi connectivity index (χ2n) is 8.92. The fourth-order valence-corrected chi connectivity index (χ4v) is 4.13. The molecule has 0 radical (unpaired) electrons. The zero-order chi connectivity index (χ0) is 23.6. The minimum atomic E-state index is -0.566. The van der Waals surface area contributed by atoms with Crippen LogP contribution in [-0.2, 0) is 4.79 Å². The molecule has 4 nitrogen and oxygen atoms in total. The molecule has 1 atom stereocenters. The van der Waals surface area contributed by atoms with Crippen molar-refractivity contribution < 1.29 is 9.59 Å². The Labute approximate surface area is 197 Å². The Kier molecular flexibility index (Phi) is 8.82. The van der Waals surface area contributed by atoms with E-state index >= 15 is 0 Å². The molecule has 0 aromatic heterocycles. The van der Waals surface area contributed by atoms with Crippen molar-refractivity contribution in [1.29, 1.82) is 0 Å². The third-order valence-electron chi connectivity index (χ3n) is 5.85. The van der Waals surface area contributed by atoms with E-state index in [0.717, 1.165) is 12.0 Å². The average Bonchev–Trinajstić information content (AvgIpc) is 2.82. The van der Waals surface area contributed by atoms with E-state index in [9.17, 15) is 9.59 Å². The molecule has 3 aromatic rings. The van der Waals surface area contributed by atoms with E-state index in [1.165, 1.54) is 11.1 Å². The summed E-state index contributed by atoms with van der Waals surface area (Å²) in [6.07, 6.45) is 1.37. The van der Waals surface area contributed by atoms with Crippen molar-refractivity contribution in [1.82, 2.24) is 10.6 Å². The van der Waals surface area contributed by atoms with Crippen LogP contribution in [0.4, 0.5) is 0 Å². The van der Waals surface area contributed by atoms with Crippen LogP contribution >= 0.6 is 0 Å². The van der Waals surface area contributed by atoms with E-state index in [-0.39, 0.29) is 23.7 Å². The minimum Gasteiger partial charge on any atom is -0.354 e. The summed E-state index contributed by atoms with van der Waals surface area (Å²) < 4.78 is 0. The van der Waals surface area contributed by atoms with Gasteiger partial charge in [-0.1, -0.05) is 92.7 Å². The Morgan fingerprint density at radius 1 is 0.788 bits per heavy atom. The highest BCUT2D eigenvalue weighted by molar-refractivity contribution is 5.98. The van der Waals surface area contributed by atoms with Gasteiger partial charge in [-0.2, -0.15) is 0 Å². The smallest absolute Gasteiger partial charge is 0.252 e. The fourth-order valence-electron chi connectivity index (χ4n) is 4.13. The molecule has 0 aliphatic carbocycles. The quantitative estimate of drug-likeness (QED) is 0.437. The number of carbonyl (C=O) groups is 2. The molecule has 0 heterocycles. The first kappa shape index (κ1) is 24.2. The fraction of sp³-hybridized carbons (Fsp3) is 0.310. The highest BCUT2D eigenvalue weighted by Gasteiger charge is 2.23. The van der Waals surface area contributed by atoms with Gasteiger partial charge in [-0.3, -0.25) is 9.59 Å². The number of hydrogen-bond acceptors (Lipinski definition) is 2. The van der Waals surface area contributed by atoms with Crippen LogP contribution in [0.2, 0.25) is 0 Å². The van der Waals surface area contributed by atoms with Gasteiger partial charge in [0.15, 0.2) is 0 Å². The molecule has 2 N–H and O–H groups in total. The summed E-state index contributed by atoms with van der Waals surface area (Å²) in [6.45, 7) is 6.55.